The molecule has 4 rings (SSSR count). The molecule has 132 valence electrons. The lowest BCUT2D eigenvalue weighted by atomic mass is 10.0. The number of para-hydroxylation sites is 2. The molecule has 0 atom stereocenters. The van der Waals surface area contributed by atoms with E-state index in [1.165, 1.54) is 16.8 Å². The maximum Gasteiger partial charge on any atom is 0.246 e. The Morgan fingerprint density at radius 3 is 2.52 bits per heavy atom. The number of halogens is 1. The van der Waals surface area contributed by atoms with Crippen LogP contribution in [0.3, 0.4) is 0 Å². The molecule has 2 aromatic carbocycles. The van der Waals surface area contributed by atoms with E-state index in [4.69, 9.17) is 0 Å². The van der Waals surface area contributed by atoms with Crippen molar-refractivity contribution in [1.29, 1.82) is 0 Å². The molecule has 0 saturated heterocycles. The SMILES string of the molecule is Cl.O=C(CN1CCNCc2ccccc21)N1CCCc2ccccc21. The number of amides is 1. The zero-order valence-corrected chi connectivity index (χ0v) is 15.1. The van der Waals surface area contributed by atoms with Crippen molar-refractivity contribution in [2.75, 3.05) is 36.0 Å². The zero-order valence-electron chi connectivity index (χ0n) is 14.3. The van der Waals surface area contributed by atoms with E-state index in [1.807, 2.05) is 11.0 Å². The second-order valence-corrected chi connectivity index (χ2v) is 6.50. The summed E-state index contributed by atoms with van der Waals surface area (Å²) in [4.78, 5) is 17.2. The Morgan fingerprint density at radius 2 is 1.68 bits per heavy atom. The first-order chi connectivity index (χ1) is 11.8. The number of carbonyl (C=O) groups is 1. The molecule has 0 saturated carbocycles. The first-order valence-electron chi connectivity index (χ1n) is 8.75. The quantitative estimate of drug-likeness (QED) is 0.897. The number of nitrogens with zero attached hydrogens (tertiary/aromatic N) is 2. The average Bonchev–Trinajstić information content (AvgIpc) is 2.84. The number of anilines is 2. The van der Waals surface area contributed by atoms with Gasteiger partial charge in [0, 0.05) is 37.6 Å². The number of nitrogens with one attached hydrogen (secondary N) is 1. The van der Waals surface area contributed by atoms with Gasteiger partial charge >= 0.3 is 0 Å². The molecule has 1 N–H and O–H groups in total. The van der Waals surface area contributed by atoms with Crippen LogP contribution in [0.2, 0.25) is 0 Å². The fourth-order valence-corrected chi connectivity index (χ4v) is 3.73. The third-order valence-corrected chi connectivity index (χ3v) is 4.94. The second kappa shape index (κ2) is 7.89. The summed E-state index contributed by atoms with van der Waals surface area (Å²) in [5.41, 5.74) is 4.83. The average molecular weight is 358 g/mol. The molecule has 0 aromatic heterocycles. The third kappa shape index (κ3) is 3.65. The molecule has 0 unspecified atom stereocenters. The summed E-state index contributed by atoms with van der Waals surface area (Å²) in [5, 5.41) is 3.44. The number of aryl methyl sites for hydroxylation is 1. The third-order valence-electron chi connectivity index (χ3n) is 4.94. The summed E-state index contributed by atoms with van der Waals surface area (Å²) in [6.45, 7) is 3.89. The molecular formula is C20H24ClN3O. The topological polar surface area (TPSA) is 35.6 Å². The molecule has 0 spiro atoms. The van der Waals surface area contributed by atoms with Crippen molar-refractivity contribution in [3.63, 3.8) is 0 Å². The van der Waals surface area contributed by atoms with E-state index in [0.717, 1.165) is 44.7 Å². The number of rotatable bonds is 2. The van der Waals surface area contributed by atoms with Crippen LogP contribution in [0.25, 0.3) is 0 Å². The summed E-state index contributed by atoms with van der Waals surface area (Å²) in [5.74, 6) is 0.193. The first kappa shape index (κ1) is 17.8. The van der Waals surface area contributed by atoms with Crippen molar-refractivity contribution in [3.8, 4) is 0 Å². The highest BCUT2D eigenvalue weighted by Gasteiger charge is 2.25. The van der Waals surface area contributed by atoms with Crippen LogP contribution in [-0.4, -0.2) is 32.1 Å². The number of hydrogen-bond donors (Lipinski definition) is 1. The van der Waals surface area contributed by atoms with E-state index < -0.39 is 0 Å². The molecule has 2 aliphatic heterocycles. The van der Waals surface area contributed by atoms with E-state index >= 15 is 0 Å². The van der Waals surface area contributed by atoms with Crippen molar-refractivity contribution in [1.82, 2.24) is 5.32 Å². The number of fused-ring (bicyclic) bond motifs is 2. The predicted octanol–water partition coefficient (Wildman–Crippen LogP) is 3.00. The molecule has 0 aliphatic carbocycles. The summed E-state index contributed by atoms with van der Waals surface area (Å²) in [6, 6.07) is 16.7. The molecule has 0 bridgehead atoms. The normalized spacial score (nSPS) is 16.3. The molecule has 2 heterocycles. The summed E-state index contributed by atoms with van der Waals surface area (Å²) >= 11 is 0. The minimum atomic E-state index is 0. The standard InChI is InChI=1S/C20H23N3O.ClH/c24-20(23-12-5-8-16-6-1-4-10-19(16)23)15-22-13-11-21-14-17-7-2-3-9-18(17)22;/h1-4,6-7,9-10,21H,5,8,11-15H2;1H. The number of benzene rings is 2. The molecule has 2 aliphatic rings. The predicted molar refractivity (Wildman–Crippen MR) is 105 cm³/mol. The minimum absolute atomic E-state index is 0. The monoisotopic (exact) mass is 357 g/mol. The second-order valence-electron chi connectivity index (χ2n) is 6.50. The van der Waals surface area contributed by atoms with Gasteiger partial charge < -0.3 is 15.1 Å². The minimum Gasteiger partial charge on any atom is -0.361 e. The van der Waals surface area contributed by atoms with Gasteiger partial charge in [0.2, 0.25) is 5.91 Å². The number of hydrogen-bond acceptors (Lipinski definition) is 3. The lowest BCUT2D eigenvalue weighted by Gasteiger charge is -2.32. The number of carbonyl (C=O) groups excluding carboxylic acids is 1. The molecule has 4 nitrogen and oxygen atoms in total. The molecular weight excluding hydrogens is 334 g/mol. The molecule has 0 radical (unpaired) electrons. The smallest absolute Gasteiger partial charge is 0.246 e. The fraction of sp³-hybridized carbons (Fsp3) is 0.350. The lowest BCUT2D eigenvalue weighted by molar-refractivity contribution is -0.117. The maximum absolute atomic E-state index is 13.0. The van der Waals surface area contributed by atoms with Crippen molar-refractivity contribution < 1.29 is 4.79 Å². The highest BCUT2D eigenvalue weighted by atomic mass is 35.5. The molecule has 5 heteroatoms. The molecule has 1 amide bonds. The van der Waals surface area contributed by atoms with Crippen LogP contribution >= 0.6 is 12.4 Å². The van der Waals surface area contributed by atoms with Gasteiger partial charge in [0.05, 0.1) is 6.54 Å². The van der Waals surface area contributed by atoms with E-state index in [9.17, 15) is 4.79 Å². The molecule has 0 fully saturated rings. The Balaban J connectivity index is 0.00000182. The van der Waals surface area contributed by atoms with Gasteiger partial charge in [-0.2, -0.15) is 0 Å². The van der Waals surface area contributed by atoms with Gasteiger partial charge in [0.15, 0.2) is 0 Å². The van der Waals surface area contributed by atoms with E-state index in [1.54, 1.807) is 0 Å². The van der Waals surface area contributed by atoms with Crippen LogP contribution in [0, 0.1) is 0 Å². The van der Waals surface area contributed by atoms with Crippen molar-refractivity contribution in [2.45, 2.75) is 19.4 Å². The van der Waals surface area contributed by atoms with Crippen LogP contribution in [-0.2, 0) is 17.8 Å². The van der Waals surface area contributed by atoms with Crippen LogP contribution in [0.5, 0.6) is 0 Å². The van der Waals surface area contributed by atoms with Crippen molar-refractivity contribution >= 4 is 29.7 Å². The Bertz CT molecular complexity index is 749. The van der Waals surface area contributed by atoms with E-state index in [-0.39, 0.29) is 18.3 Å². The Kier molecular flexibility index (Phi) is 5.61. The summed E-state index contributed by atoms with van der Waals surface area (Å²) in [7, 11) is 0. The fourth-order valence-electron chi connectivity index (χ4n) is 3.73. The van der Waals surface area contributed by atoms with Gasteiger partial charge in [-0.05, 0) is 36.1 Å². The highest BCUT2D eigenvalue weighted by molar-refractivity contribution is 5.97. The van der Waals surface area contributed by atoms with Crippen LogP contribution in [0.4, 0.5) is 11.4 Å². The Morgan fingerprint density at radius 1 is 0.960 bits per heavy atom. The van der Waals surface area contributed by atoms with E-state index in [0.29, 0.717) is 6.54 Å². The van der Waals surface area contributed by atoms with Gasteiger partial charge in [0.1, 0.15) is 0 Å². The largest absolute Gasteiger partial charge is 0.361 e. The van der Waals surface area contributed by atoms with Gasteiger partial charge in [-0.1, -0.05) is 36.4 Å². The maximum atomic E-state index is 13.0. The Hall–Kier alpha value is -2.04. The van der Waals surface area contributed by atoms with Crippen LogP contribution < -0.4 is 15.1 Å². The molecule has 25 heavy (non-hydrogen) atoms. The lowest BCUT2D eigenvalue weighted by Crippen LogP contribution is -2.44. The van der Waals surface area contributed by atoms with Gasteiger partial charge in [0.25, 0.3) is 0 Å². The van der Waals surface area contributed by atoms with Crippen molar-refractivity contribution in [3.05, 3.63) is 59.7 Å². The zero-order chi connectivity index (χ0) is 16.4. The van der Waals surface area contributed by atoms with E-state index in [2.05, 4.69) is 52.7 Å². The van der Waals surface area contributed by atoms with Crippen molar-refractivity contribution in [2.24, 2.45) is 0 Å². The van der Waals surface area contributed by atoms with Gasteiger partial charge in [-0.25, -0.2) is 0 Å². The highest BCUT2D eigenvalue weighted by Crippen LogP contribution is 2.28. The van der Waals surface area contributed by atoms with Crippen LogP contribution in [0.1, 0.15) is 17.5 Å². The first-order valence-corrected chi connectivity index (χ1v) is 8.75. The van der Waals surface area contributed by atoms with Crippen LogP contribution in [0.15, 0.2) is 48.5 Å². The van der Waals surface area contributed by atoms with Gasteiger partial charge in [-0.15, -0.1) is 12.4 Å². The Labute approximate surface area is 155 Å². The molecule has 2 aromatic rings. The summed E-state index contributed by atoms with van der Waals surface area (Å²) in [6.07, 6.45) is 2.11. The summed E-state index contributed by atoms with van der Waals surface area (Å²) < 4.78 is 0. The van der Waals surface area contributed by atoms with Gasteiger partial charge in [-0.3, -0.25) is 4.79 Å².